The van der Waals surface area contributed by atoms with Gasteiger partial charge < -0.3 is 10.1 Å². The number of alkyl carbamates (subject to hydrolysis) is 1. The number of hydrogen-bond acceptors (Lipinski definition) is 3. The van der Waals surface area contributed by atoms with Crippen LogP contribution in [0.5, 0.6) is 0 Å². The molecule has 4 heteroatoms. The number of rotatable bonds is 5. The van der Waals surface area contributed by atoms with Gasteiger partial charge in [0, 0.05) is 6.42 Å². The molecule has 1 aromatic carbocycles. The Hall–Kier alpha value is -2.10. The summed E-state index contributed by atoms with van der Waals surface area (Å²) in [6.07, 6.45) is 0.877. The maximum Gasteiger partial charge on any atom is 0.408 e. The molecule has 0 aromatic heterocycles. The molecule has 1 N–H and O–H groups in total. The van der Waals surface area contributed by atoms with Crippen molar-refractivity contribution in [2.24, 2.45) is 0 Å². The minimum atomic E-state index is -0.576. The van der Waals surface area contributed by atoms with Crippen LogP contribution in [0.4, 0.5) is 4.79 Å². The average Bonchev–Trinajstić information content (AvgIpc) is 2.36. The SMILES string of the molecule is C=CC(=O)CC(NC(=O)OC(C)(C)C)c1ccccc1. The van der Waals surface area contributed by atoms with Gasteiger partial charge in [-0.2, -0.15) is 0 Å². The third kappa shape index (κ3) is 5.69. The van der Waals surface area contributed by atoms with Crippen LogP contribution in [0.15, 0.2) is 43.0 Å². The van der Waals surface area contributed by atoms with Crippen molar-refractivity contribution in [1.29, 1.82) is 0 Å². The van der Waals surface area contributed by atoms with E-state index in [0.29, 0.717) is 0 Å². The van der Waals surface area contributed by atoms with E-state index < -0.39 is 17.7 Å². The van der Waals surface area contributed by atoms with E-state index in [1.165, 1.54) is 6.08 Å². The zero-order valence-electron chi connectivity index (χ0n) is 12.2. The molecule has 1 unspecified atom stereocenters. The third-order valence-corrected chi connectivity index (χ3v) is 2.53. The molecular formula is C16H21NO3. The van der Waals surface area contributed by atoms with Gasteiger partial charge in [-0.15, -0.1) is 0 Å². The summed E-state index contributed by atoms with van der Waals surface area (Å²) in [5.41, 5.74) is 0.280. The molecule has 1 rings (SSSR count). The first-order chi connectivity index (χ1) is 9.31. The molecule has 0 fully saturated rings. The Morgan fingerprint density at radius 3 is 2.40 bits per heavy atom. The van der Waals surface area contributed by atoms with Crippen LogP contribution in [0.2, 0.25) is 0 Å². The van der Waals surface area contributed by atoms with Gasteiger partial charge in [-0.1, -0.05) is 36.9 Å². The summed E-state index contributed by atoms with van der Waals surface area (Å²) in [5, 5.41) is 2.73. The second-order valence-electron chi connectivity index (χ2n) is 5.48. The average molecular weight is 275 g/mol. The summed E-state index contributed by atoms with van der Waals surface area (Å²) in [6.45, 7) is 8.82. The maximum absolute atomic E-state index is 11.8. The quantitative estimate of drug-likeness (QED) is 0.838. The predicted molar refractivity (Wildman–Crippen MR) is 78.4 cm³/mol. The number of nitrogens with one attached hydrogen (secondary N) is 1. The molecular weight excluding hydrogens is 254 g/mol. The summed E-state index contributed by atoms with van der Waals surface area (Å²) < 4.78 is 5.22. The number of allylic oxidation sites excluding steroid dienone is 1. The van der Waals surface area contributed by atoms with Crippen LogP contribution in [-0.4, -0.2) is 17.5 Å². The van der Waals surface area contributed by atoms with Gasteiger partial charge in [-0.05, 0) is 32.4 Å². The number of benzene rings is 1. The van der Waals surface area contributed by atoms with Crippen LogP contribution >= 0.6 is 0 Å². The minimum Gasteiger partial charge on any atom is -0.444 e. The molecule has 0 bridgehead atoms. The Bertz CT molecular complexity index is 474. The number of amides is 1. The lowest BCUT2D eigenvalue weighted by molar-refractivity contribution is -0.115. The highest BCUT2D eigenvalue weighted by Gasteiger charge is 2.21. The first kappa shape index (κ1) is 16.0. The Morgan fingerprint density at radius 1 is 1.30 bits per heavy atom. The lowest BCUT2D eigenvalue weighted by Crippen LogP contribution is -2.35. The maximum atomic E-state index is 11.8. The standard InChI is InChI=1S/C16H21NO3/c1-5-13(18)11-14(12-9-7-6-8-10-12)17-15(19)20-16(2,3)4/h5-10,14H,1,11H2,2-4H3,(H,17,19). The van der Waals surface area contributed by atoms with Crippen molar-refractivity contribution < 1.29 is 14.3 Å². The fraction of sp³-hybridized carbons (Fsp3) is 0.375. The molecule has 1 amide bonds. The van der Waals surface area contributed by atoms with Crippen molar-refractivity contribution in [3.8, 4) is 0 Å². The Kier molecular flexibility index (Phi) is 5.50. The van der Waals surface area contributed by atoms with Crippen molar-refractivity contribution in [2.45, 2.75) is 38.8 Å². The van der Waals surface area contributed by atoms with Gasteiger partial charge in [0.1, 0.15) is 5.60 Å². The molecule has 0 saturated heterocycles. The van der Waals surface area contributed by atoms with Crippen molar-refractivity contribution in [3.63, 3.8) is 0 Å². The highest BCUT2D eigenvalue weighted by Crippen LogP contribution is 2.18. The first-order valence-electron chi connectivity index (χ1n) is 6.51. The Morgan fingerprint density at radius 2 is 1.90 bits per heavy atom. The smallest absolute Gasteiger partial charge is 0.408 e. The minimum absolute atomic E-state index is 0.130. The second-order valence-corrected chi connectivity index (χ2v) is 5.48. The van der Waals surface area contributed by atoms with Crippen LogP contribution in [0.3, 0.4) is 0 Å². The van der Waals surface area contributed by atoms with Crippen LogP contribution in [-0.2, 0) is 9.53 Å². The van der Waals surface area contributed by atoms with Crippen molar-refractivity contribution in [1.82, 2.24) is 5.32 Å². The van der Waals surface area contributed by atoms with E-state index in [1.807, 2.05) is 30.3 Å². The summed E-state index contributed by atoms with van der Waals surface area (Å²) in [5.74, 6) is -0.130. The molecule has 0 aliphatic heterocycles. The van der Waals surface area contributed by atoms with E-state index in [4.69, 9.17) is 4.74 Å². The third-order valence-electron chi connectivity index (χ3n) is 2.53. The van der Waals surface area contributed by atoms with E-state index in [9.17, 15) is 9.59 Å². The number of ketones is 1. The van der Waals surface area contributed by atoms with Crippen molar-refractivity contribution >= 4 is 11.9 Å². The van der Waals surface area contributed by atoms with Gasteiger partial charge in [0.05, 0.1) is 6.04 Å². The van der Waals surface area contributed by atoms with Gasteiger partial charge in [-0.25, -0.2) is 4.79 Å². The monoisotopic (exact) mass is 275 g/mol. The molecule has 4 nitrogen and oxygen atoms in total. The summed E-state index contributed by atoms with van der Waals surface area (Å²) >= 11 is 0. The van der Waals surface area contributed by atoms with E-state index in [2.05, 4.69) is 11.9 Å². The summed E-state index contributed by atoms with van der Waals surface area (Å²) in [7, 11) is 0. The summed E-state index contributed by atoms with van der Waals surface area (Å²) in [4.78, 5) is 23.4. The normalized spacial score (nSPS) is 12.3. The van der Waals surface area contributed by atoms with Crippen LogP contribution < -0.4 is 5.32 Å². The number of carbonyl (C=O) groups is 2. The lowest BCUT2D eigenvalue weighted by atomic mass is 10.0. The van der Waals surface area contributed by atoms with Gasteiger partial charge in [-0.3, -0.25) is 4.79 Å². The molecule has 0 aliphatic rings. The highest BCUT2D eigenvalue weighted by atomic mass is 16.6. The van der Waals surface area contributed by atoms with Crippen LogP contribution in [0.1, 0.15) is 38.8 Å². The molecule has 0 heterocycles. The molecule has 0 radical (unpaired) electrons. The Labute approximate surface area is 119 Å². The van der Waals surface area contributed by atoms with Gasteiger partial charge in [0.15, 0.2) is 5.78 Å². The van der Waals surface area contributed by atoms with Gasteiger partial charge >= 0.3 is 6.09 Å². The van der Waals surface area contributed by atoms with Gasteiger partial charge in [0.25, 0.3) is 0 Å². The van der Waals surface area contributed by atoms with E-state index in [1.54, 1.807) is 20.8 Å². The first-order valence-corrected chi connectivity index (χ1v) is 6.51. The van der Waals surface area contributed by atoms with Crippen molar-refractivity contribution in [2.75, 3.05) is 0 Å². The molecule has 1 aromatic rings. The molecule has 1 atom stereocenters. The lowest BCUT2D eigenvalue weighted by Gasteiger charge is -2.23. The predicted octanol–water partition coefficient (Wildman–Crippen LogP) is 3.40. The number of hydrogen-bond donors (Lipinski definition) is 1. The fourth-order valence-corrected chi connectivity index (χ4v) is 1.67. The number of carbonyl (C=O) groups excluding carboxylic acids is 2. The molecule has 108 valence electrons. The van der Waals surface area contributed by atoms with E-state index in [-0.39, 0.29) is 12.2 Å². The van der Waals surface area contributed by atoms with Gasteiger partial charge in [0.2, 0.25) is 0 Å². The zero-order chi connectivity index (χ0) is 15.2. The molecule has 0 saturated carbocycles. The van der Waals surface area contributed by atoms with Crippen LogP contribution in [0.25, 0.3) is 0 Å². The number of ether oxygens (including phenoxy) is 1. The Balaban J connectivity index is 2.81. The zero-order valence-corrected chi connectivity index (χ0v) is 12.2. The van der Waals surface area contributed by atoms with E-state index >= 15 is 0 Å². The fourth-order valence-electron chi connectivity index (χ4n) is 1.67. The van der Waals surface area contributed by atoms with E-state index in [0.717, 1.165) is 5.56 Å². The van der Waals surface area contributed by atoms with Crippen molar-refractivity contribution in [3.05, 3.63) is 48.6 Å². The highest BCUT2D eigenvalue weighted by molar-refractivity contribution is 5.90. The topological polar surface area (TPSA) is 55.4 Å². The second kappa shape index (κ2) is 6.89. The van der Waals surface area contributed by atoms with Crippen LogP contribution in [0, 0.1) is 0 Å². The largest absolute Gasteiger partial charge is 0.444 e. The molecule has 0 spiro atoms. The molecule has 20 heavy (non-hydrogen) atoms. The molecule has 0 aliphatic carbocycles. The summed E-state index contributed by atoms with van der Waals surface area (Å²) in [6, 6.07) is 8.89.